The van der Waals surface area contributed by atoms with E-state index >= 15 is 0 Å². The minimum Gasteiger partial charge on any atom is -0.506 e. The first-order chi connectivity index (χ1) is 9.51. The van der Waals surface area contributed by atoms with Gasteiger partial charge in [-0.2, -0.15) is 4.98 Å². The molecule has 0 aliphatic heterocycles. The second-order valence-corrected chi connectivity index (χ2v) is 6.05. The molecule has 20 heavy (non-hydrogen) atoms. The van der Waals surface area contributed by atoms with Crippen LogP contribution in [0.25, 0.3) is 0 Å². The van der Waals surface area contributed by atoms with E-state index in [-0.39, 0.29) is 23.3 Å². The van der Waals surface area contributed by atoms with Crippen molar-refractivity contribution in [3.05, 3.63) is 24.8 Å². The fourth-order valence-electron chi connectivity index (χ4n) is 1.41. The number of ether oxygens (including phenoxy) is 1. The molecule has 1 amide bonds. The molecule has 3 N–H and O–H groups in total. The van der Waals surface area contributed by atoms with Gasteiger partial charge in [-0.1, -0.05) is 0 Å². The number of phenols is 1. The van der Waals surface area contributed by atoms with Gasteiger partial charge < -0.3 is 9.84 Å². The zero-order valence-corrected chi connectivity index (χ0v) is 14.6. The highest BCUT2D eigenvalue weighted by Gasteiger charge is 2.16. The van der Waals surface area contributed by atoms with E-state index in [1.165, 1.54) is 0 Å². The molecule has 0 atom stereocenters. The Morgan fingerprint density at radius 2 is 2.25 bits per heavy atom. The molecule has 0 spiro atoms. The summed E-state index contributed by atoms with van der Waals surface area (Å²) in [5, 5.41) is 18.7. The number of halogens is 2. The number of amides is 1. The highest BCUT2D eigenvalue weighted by atomic mass is 127. The van der Waals surface area contributed by atoms with Crippen molar-refractivity contribution >= 4 is 57.0 Å². The van der Waals surface area contributed by atoms with E-state index in [2.05, 4.69) is 43.1 Å². The molecule has 0 unspecified atom stereocenters. The van der Waals surface area contributed by atoms with Crippen molar-refractivity contribution in [3.63, 3.8) is 0 Å². The number of nitrogens with one attached hydrogen (secondary N) is 2. The van der Waals surface area contributed by atoms with Gasteiger partial charge in [0.2, 0.25) is 5.95 Å². The van der Waals surface area contributed by atoms with Crippen LogP contribution in [0.15, 0.2) is 12.1 Å². The average molecular weight is 500 g/mol. The molecule has 0 saturated heterocycles. The minimum absolute atomic E-state index is 0.0620. The topological polar surface area (TPSA) is 100 Å². The average Bonchev–Trinajstić information content (AvgIpc) is 2.81. The number of benzene rings is 1. The third kappa shape index (κ3) is 3.50. The molecular weight excluding hydrogens is 490 g/mol. The van der Waals surface area contributed by atoms with Crippen molar-refractivity contribution in [2.24, 2.45) is 0 Å². The van der Waals surface area contributed by atoms with E-state index < -0.39 is 5.91 Å². The number of hydrogen-bond acceptors (Lipinski definition) is 5. The molecule has 0 bridgehead atoms. The predicted octanol–water partition coefficient (Wildman–Crippen LogP) is 2.37. The fourth-order valence-corrected chi connectivity index (χ4v) is 3.25. The molecule has 1 heterocycles. The smallest absolute Gasteiger partial charge is 0.337 e. The van der Waals surface area contributed by atoms with Crippen molar-refractivity contribution in [2.45, 2.75) is 6.92 Å². The second kappa shape index (κ2) is 6.56. The van der Waals surface area contributed by atoms with Gasteiger partial charge in [-0.05, 0) is 64.2 Å². The predicted molar refractivity (Wildman–Crippen MR) is 89.0 cm³/mol. The van der Waals surface area contributed by atoms with Crippen LogP contribution in [0.1, 0.15) is 17.3 Å². The number of hydrogen-bond donors (Lipinski definition) is 3. The molecule has 0 saturated carbocycles. The number of anilines is 1. The lowest BCUT2D eigenvalue weighted by molar-refractivity contribution is 0.102. The van der Waals surface area contributed by atoms with Crippen molar-refractivity contribution in [2.75, 3.05) is 11.9 Å². The van der Waals surface area contributed by atoms with Gasteiger partial charge in [0.05, 0.1) is 15.7 Å². The number of carbonyl (C=O) groups excluding carboxylic acids is 1. The Morgan fingerprint density at radius 1 is 1.50 bits per heavy atom. The molecule has 2 aromatic rings. The van der Waals surface area contributed by atoms with Crippen molar-refractivity contribution in [1.82, 2.24) is 15.2 Å². The largest absolute Gasteiger partial charge is 0.506 e. The number of carbonyl (C=O) groups is 1. The molecule has 1 aromatic carbocycles. The van der Waals surface area contributed by atoms with Crippen LogP contribution in [-0.4, -0.2) is 32.8 Å². The molecule has 106 valence electrons. The van der Waals surface area contributed by atoms with Crippen LogP contribution in [0.2, 0.25) is 0 Å². The van der Waals surface area contributed by atoms with E-state index in [9.17, 15) is 9.90 Å². The first-order valence-electron chi connectivity index (χ1n) is 5.55. The van der Waals surface area contributed by atoms with Gasteiger partial charge in [0.1, 0.15) is 5.75 Å². The van der Waals surface area contributed by atoms with Crippen LogP contribution in [-0.2, 0) is 0 Å². The van der Waals surface area contributed by atoms with Gasteiger partial charge in [-0.3, -0.25) is 10.1 Å². The zero-order valence-electron chi connectivity index (χ0n) is 10.3. The normalized spacial score (nSPS) is 10.3. The number of rotatable bonds is 4. The second-order valence-electron chi connectivity index (χ2n) is 3.64. The monoisotopic (exact) mass is 500 g/mol. The van der Waals surface area contributed by atoms with Gasteiger partial charge in [-0.15, -0.1) is 5.10 Å². The Hall–Kier alpha value is -1.11. The summed E-state index contributed by atoms with van der Waals surface area (Å²) >= 11 is 4.04. The number of phenolic OH excluding ortho intramolecular Hbond substituents is 1. The number of aromatic hydroxyl groups is 1. The summed E-state index contributed by atoms with van der Waals surface area (Å²) in [7, 11) is 0. The Morgan fingerprint density at radius 3 is 2.95 bits per heavy atom. The molecule has 0 aliphatic rings. The summed E-state index contributed by atoms with van der Waals surface area (Å²) in [6, 6.07) is 3.52. The van der Waals surface area contributed by atoms with E-state index in [1.54, 1.807) is 19.1 Å². The molecule has 9 heteroatoms. The van der Waals surface area contributed by atoms with Gasteiger partial charge in [0.25, 0.3) is 5.91 Å². The quantitative estimate of drug-likeness (QED) is 0.561. The van der Waals surface area contributed by atoms with Crippen molar-refractivity contribution < 1.29 is 14.6 Å². The Labute approximate surface area is 141 Å². The van der Waals surface area contributed by atoms with Gasteiger partial charge in [0.15, 0.2) is 0 Å². The van der Waals surface area contributed by atoms with Gasteiger partial charge >= 0.3 is 6.01 Å². The van der Waals surface area contributed by atoms with Crippen LogP contribution >= 0.6 is 45.2 Å². The van der Waals surface area contributed by atoms with Gasteiger partial charge in [0, 0.05) is 3.57 Å². The molecule has 7 nitrogen and oxygen atoms in total. The maximum Gasteiger partial charge on any atom is 0.337 e. The molecule has 0 radical (unpaired) electrons. The number of aromatic nitrogens is 3. The van der Waals surface area contributed by atoms with Crippen molar-refractivity contribution in [3.8, 4) is 11.8 Å². The highest BCUT2D eigenvalue weighted by Crippen LogP contribution is 2.27. The molecule has 0 fully saturated rings. The van der Waals surface area contributed by atoms with Crippen LogP contribution < -0.4 is 10.1 Å². The number of nitrogens with zero attached hydrogens (tertiary/aromatic N) is 2. The number of aromatic amines is 1. The van der Waals surface area contributed by atoms with E-state index in [4.69, 9.17) is 4.74 Å². The Kier molecular flexibility index (Phi) is 5.01. The zero-order chi connectivity index (χ0) is 14.7. The van der Waals surface area contributed by atoms with Gasteiger partial charge in [-0.25, -0.2) is 5.10 Å². The minimum atomic E-state index is -0.474. The first kappa shape index (κ1) is 15.3. The summed E-state index contributed by atoms with van der Waals surface area (Å²) in [4.78, 5) is 16.0. The molecule has 1 aromatic heterocycles. The summed E-state index contributed by atoms with van der Waals surface area (Å²) in [6.45, 7) is 2.24. The first-order valence-corrected chi connectivity index (χ1v) is 7.71. The van der Waals surface area contributed by atoms with E-state index in [0.29, 0.717) is 10.2 Å². The Balaban J connectivity index is 2.19. The summed E-state index contributed by atoms with van der Waals surface area (Å²) < 4.78 is 6.53. The summed E-state index contributed by atoms with van der Waals surface area (Å²) in [6.07, 6.45) is 0. The SMILES string of the molecule is CCOc1n[nH]c(NC(=O)c2cc(I)cc(I)c2O)n1. The Bertz CT molecular complexity index is 645. The lowest BCUT2D eigenvalue weighted by atomic mass is 10.2. The van der Waals surface area contributed by atoms with Crippen LogP contribution in [0.3, 0.4) is 0 Å². The maximum absolute atomic E-state index is 12.1. The third-order valence-corrected chi connectivity index (χ3v) is 3.69. The molecule has 0 aliphatic carbocycles. The van der Waals surface area contributed by atoms with Crippen LogP contribution in [0.5, 0.6) is 11.8 Å². The lowest BCUT2D eigenvalue weighted by Gasteiger charge is -2.06. The van der Waals surface area contributed by atoms with Crippen LogP contribution in [0, 0.1) is 7.14 Å². The fraction of sp³-hybridized carbons (Fsp3) is 0.182. The van der Waals surface area contributed by atoms with E-state index in [0.717, 1.165) is 3.57 Å². The molecule has 2 rings (SSSR count). The van der Waals surface area contributed by atoms with Crippen molar-refractivity contribution in [1.29, 1.82) is 0 Å². The van der Waals surface area contributed by atoms with E-state index in [1.807, 2.05) is 22.6 Å². The number of H-pyrrole nitrogens is 1. The maximum atomic E-state index is 12.1. The molecular formula is C11H10I2N4O3. The highest BCUT2D eigenvalue weighted by molar-refractivity contribution is 14.1. The lowest BCUT2D eigenvalue weighted by Crippen LogP contribution is -2.14. The standard InChI is InChI=1S/C11H10I2N4O3/c1-2-20-11-15-10(16-17-11)14-9(19)6-3-5(12)4-7(13)8(6)18/h3-4,18H,2H2,1H3,(H2,14,15,16,17,19). The third-order valence-electron chi connectivity index (χ3n) is 2.24. The summed E-state index contributed by atoms with van der Waals surface area (Å²) in [5.41, 5.74) is 0.177. The summed E-state index contributed by atoms with van der Waals surface area (Å²) in [5.74, 6) is -0.377. The van der Waals surface area contributed by atoms with Crippen LogP contribution in [0.4, 0.5) is 5.95 Å².